The second kappa shape index (κ2) is 14.4. The number of rotatable bonds is 6. The molecule has 282 valence electrons. The Morgan fingerprint density at radius 3 is 0.833 bits per heavy atom. The van der Waals surface area contributed by atoms with E-state index in [0.717, 1.165) is 66.9 Å². The maximum atomic E-state index is 14.9. The summed E-state index contributed by atoms with van der Waals surface area (Å²) in [5, 5.41) is 2.25. The van der Waals surface area contributed by atoms with Gasteiger partial charge in [0.2, 0.25) is 0 Å². The molecule has 2 heterocycles. The summed E-state index contributed by atoms with van der Waals surface area (Å²) in [6.45, 7) is 0. The van der Waals surface area contributed by atoms with Gasteiger partial charge < -0.3 is 9.13 Å². The molecule has 0 saturated heterocycles. The minimum absolute atomic E-state index is 0.0867. The number of benzene rings is 9. The van der Waals surface area contributed by atoms with E-state index in [1.54, 1.807) is 0 Å². The van der Waals surface area contributed by atoms with Crippen molar-refractivity contribution in [1.82, 2.24) is 9.13 Å². The van der Waals surface area contributed by atoms with Crippen molar-refractivity contribution in [3.63, 3.8) is 0 Å². The number of aromatic nitrogens is 2. The molecule has 60 heavy (non-hydrogen) atoms. The van der Waals surface area contributed by atoms with Crippen molar-refractivity contribution < 1.29 is 0 Å². The molecule has 11 aromatic rings. The highest BCUT2D eigenvalue weighted by atomic mass is 16.1. The number of nitrogens with zero attached hydrogens (tertiary/aromatic N) is 2. The summed E-state index contributed by atoms with van der Waals surface area (Å²) in [6, 6.07) is 74.1. The third-order valence-corrected chi connectivity index (χ3v) is 11.6. The molecule has 11 rings (SSSR count). The van der Waals surface area contributed by atoms with Gasteiger partial charge in [0, 0.05) is 32.9 Å². The summed E-state index contributed by atoms with van der Waals surface area (Å²) in [7, 11) is 0. The fraction of sp³-hybridized carbons (Fsp3) is 0. The van der Waals surface area contributed by atoms with Gasteiger partial charge in [-0.3, -0.25) is 9.59 Å². The summed E-state index contributed by atoms with van der Waals surface area (Å²) in [5.41, 5.74) is 13.0. The van der Waals surface area contributed by atoms with Crippen molar-refractivity contribution in [1.29, 1.82) is 0 Å². The average Bonchev–Trinajstić information content (AvgIpc) is 3.32. The summed E-state index contributed by atoms with van der Waals surface area (Å²) in [4.78, 5) is 29.7. The van der Waals surface area contributed by atoms with E-state index < -0.39 is 0 Å². The third-order valence-electron chi connectivity index (χ3n) is 11.6. The number of para-hydroxylation sites is 2. The molecule has 4 heteroatoms. The number of hydrogen-bond donors (Lipinski definition) is 0. The van der Waals surface area contributed by atoms with Crippen molar-refractivity contribution in [2.24, 2.45) is 0 Å². The van der Waals surface area contributed by atoms with Gasteiger partial charge in [0.05, 0.1) is 22.1 Å². The first-order chi connectivity index (χ1) is 29.6. The lowest BCUT2D eigenvalue weighted by atomic mass is 9.97. The van der Waals surface area contributed by atoms with E-state index in [1.807, 2.05) is 133 Å². The second-order valence-electron chi connectivity index (χ2n) is 15.3. The number of pyridine rings is 2. The van der Waals surface area contributed by atoms with E-state index in [-0.39, 0.29) is 10.9 Å². The van der Waals surface area contributed by atoms with Gasteiger partial charge in [0.25, 0.3) is 0 Å². The van der Waals surface area contributed by atoms with Gasteiger partial charge in [-0.05, 0) is 117 Å². The lowest BCUT2D eigenvalue weighted by Gasteiger charge is -2.21. The normalized spacial score (nSPS) is 11.5. The van der Waals surface area contributed by atoms with Crippen LogP contribution in [0.4, 0.5) is 0 Å². The summed E-state index contributed by atoms with van der Waals surface area (Å²) < 4.78 is 4.32. The monoisotopic (exact) mass is 768 g/mol. The highest BCUT2D eigenvalue weighted by Crippen LogP contribution is 2.37. The second-order valence-corrected chi connectivity index (χ2v) is 15.3. The molecule has 0 amide bonds. The first-order valence-electron chi connectivity index (χ1n) is 20.2. The molecule has 0 saturated carbocycles. The maximum Gasteiger partial charge on any atom is 0.197 e. The van der Waals surface area contributed by atoms with Gasteiger partial charge in [-0.25, -0.2) is 0 Å². The SMILES string of the molecule is O=c1c2ccccc2n(-c2cc(-c3ccccc3)cc(-c3ccccc3)c2)c2cc3c(=O)c4ccccc4n(-c4cc(-c5ccccc5)cc(-c5ccccc5)c4)c3cc12. The van der Waals surface area contributed by atoms with Crippen LogP contribution in [-0.4, -0.2) is 9.13 Å². The minimum atomic E-state index is -0.0867. The van der Waals surface area contributed by atoms with Crippen LogP contribution in [0.25, 0.3) is 99.5 Å². The van der Waals surface area contributed by atoms with Crippen molar-refractivity contribution in [3.05, 3.63) is 239 Å². The predicted molar refractivity (Wildman–Crippen MR) is 249 cm³/mol. The van der Waals surface area contributed by atoms with Gasteiger partial charge in [0.15, 0.2) is 10.9 Å². The van der Waals surface area contributed by atoms with Crippen LogP contribution in [-0.2, 0) is 0 Å². The van der Waals surface area contributed by atoms with Crippen LogP contribution in [0.3, 0.4) is 0 Å². The Morgan fingerprint density at radius 2 is 0.517 bits per heavy atom. The van der Waals surface area contributed by atoms with Crippen LogP contribution in [0.1, 0.15) is 0 Å². The van der Waals surface area contributed by atoms with Crippen LogP contribution < -0.4 is 10.9 Å². The van der Waals surface area contributed by atoms with Crippen LogP contribution >= 0.6 is 0 Å². The van der Waals surface area contributed by atoms with Crippen molar-refractivity contribution >= 4 is 43.6 Å². The van der Waals surface area contributed by atoms with E-state index in [9.17, 15) is 9.59 Å². The lowest BCUT2D eigenvalue weighted by Crippen LogP contribution is -2.14. The van der Waals surface area contributed by atoms with Crippen LogP contribution in [0.5, 0.6) is 0 Å². The lowest BCUT2D eigenvalue weighted by molar-refractivity contribution is 1.15. The Kier molecular flexibility index (Phi) is 8.42. The zero-order chi connectivity index (χ0) is 40.2. The summed E-state index contributed by atoms with van der Waals surface area (Å²) in [5.74, 6) is 0. The average molecular weight is 769 g/mol. The molecule has 0 aliphatic heterocycles. The van der Waals surface area contributed by atoms with E-state index in [0.29, 0.717) is 32.6 Å². The van der Waals surface area contributed by atoms with Gasteiger partial charge in [0.1, 0.15) is 0 Å². The predicted octanol–water partition coefficient (Wildman–Crippen LogP) is 13.3. The Bertz CT molecular complexity index is 3200. The molecule has 0 atom stereocenters. The summed E-state index contributed by atoms with van der Waals surface area (Å²) in [6.07, 6.45) is 0. The Balaban J connectivity index is 1.27. The molecule has 0 bridgehead atoms. The van der Waals surface area contributed by atoms with E-state index in [1.165, 1.54) is 0 Å². The maximum absolute atomic E-state index is 14.9. The highest BCUT2D eigenvalue weighted by Gasteiger charge is 2.20. The van der Waals surface area contributed by atoms with Gasteiger partial charge in [-0.1, -0.05) is 146 Å². The number of fused-ring (bicyclic) bond motifs is 4. The standard InChI is InChI=1S/C56H36N2O2/c59-55-47-25-13-15-27-51(47)57(45-31-41(37-17-5-1-6-18-37)29-42(32-45)38-19-7-2-8-20-38)53-35-50-54(36-49(53)55)58(52-28-16-14-26-48(52)56(50)60)46-33-43(39-21-9-3-10-22-39)30-44(34-46)40-23-11-4-12-24-40/h1-36H. The molecule has 0 aliphatic rings. The zero-order valence-corrected chi connectivity index (χ0v) is 32.5. The van der Waals surface area contributed by atoms with Crippen molar-refractivity contribution in [2.75, 3.05) is 0 Å². The molecule has 0 N–H and O–H groups in total. The zero-order valence-electron chi connectivity index (χ0n) is 32.5. The molecule has 4 nitrogen and oxygen atoms in total. The van der Waals surface area contributed by atoms with Crippen LogP contribution in [0.15, 0.2) is 228 Å². The Hall–Kier alpha value is -8.08. The number of hydrogen-bond acceptors (Lipinski definition) is 2. The largest absolute Gasteiger partial charge is 0.309 e. The summed E-state index contributed by atoms with van der Waals surface area (Å²) >= 11 is 0. The van der Waals surface area contributed by atoms with Crippen molar-refractivity contribution in [2.45, 2.75) is 0 Å². The van der Waals surface area contributed by atoms with Crippen molar-refractivity contribution in [3.8, 4) is 55.9 Å². The molecule has 0 fully saturated rings. The third kappa shape index (κ3) is 5.93. The Labute approximate surface area is 346 Å². The molecule has 0 unspecified atom stereocenters. The van der Waals surface area contributed by atoms with Crippen LogP contribution in [0, 0.1) is 0 Å². The van der Waals surface area contributed by atoms with Crippen LogP contribution in [0.2, 0.25) is 0 Å². The first kappa shape index (κ1) is 35.1. The smallest absolute Gasteiger partial charge is 0.197 e. The molecule has 0 aliphatic carbocycles. The highest BCUT2D eigenvalue weighted by molar-refractivity contribution is 6.05. The Morgan fingerprint density at radius 1 is 0.233 bits per heavy atom. The topological polar surface area (TPSA) is 44.0 Å². The molecule has 0 radical (unpaired) electrons. The minimum Gasteiger partial charge on any atom is -0.309 e. The molecule has 0 spiro atoms. The molecule has 9 aromatic carbocycles. The van der Waals surface area contributed by atoms with Gasteiger partial charge in [-0.15, -0.1) is 0 Å². The first-order valence-corrected chi connectivity index (χ1v) is 20.2. The fourth-order valence-corrected chi connectivity index (χ4v) is 8.81. The molecular formula is C56H36N2O2. The van der Waals surface area contributed by atoms with E-state index in [2.05, 4.69) is 94.1 Å². The van der Waals surface area contributed by atoms with Gasteiger partial charge >= 0.3 is 0 Å². The fourth-order valence-electron chi connectivity index (χ4n) is 8.81. The molecule has 2 aromatic heterocycles. The van der Waals surface area contributed by atoms with E-state index in [4.69, 9.17) is 0 Å². The van der Waals surface area contributed by atoms with Gasteiger partial charge in [-0.2, -0.15) is 0 Å². The van der Waals surface area contributed by atoms with E-state index >= 15 is 0 Å². The quantitative estimate of drug-likeness (QED) is 0.158. The molecular weight excluding hydrogens is 733 g/mol.